The van der Waals surface area contributed by atoms with Gasteiger partial charge in [-0.15, -0.1) is 16.4 Å². The van der Waals surface area contributed by atoms with E-state index < -0.39 is 0 Å². The lowest BCUT2D eigenvalue weighted by atomic mass is 10.6. The summed E-state index contributed by atoms with van der Waals surface area (Å²) in [6, 6.07) is 1.88. The second-order valence-corrected chi connectivity index (χ2v) is 3.94. The predicted octanol–water partition coefficient (Wildman–Crippen LogP) is 2.41. The SMILES string of the molecule is Clc1cc2snnc2s1. The van der Waals surface area contributed by atoms with E-state index in [-0.39, 0.29) is 0 Å². The van der Waals surface area contributed by atoms with E-state index in [1.165, 1.54) is 22.9 Å². The van der Waals surface area contributed by atoms with Gasteiger partial charge in [-0.25, -0.2) is 0 Å². The summed E-state index contributed by atoms with van der Waals surface area (Å²) in [5, 5.41) is 3.84. The van der Waals surface area contributed by atoms with Crippen LogP contribution in [0, 0.1) is 0 Å². The Bertz CT molecular complexity index is 297. The highest BCUT2D eigenvalue weighted by atomic mass is 35.5. The molecular weight excluding hydrogens is 176 g/mol. The van der Waals surface area contributed by atoms with Crippen molar-refractivity contribution in [3.05, 3.63) is 10.4 Å². The van der Waals surface area contributed by atoms with Gasteiger partial charge in [0, 0.05) is 0 Å². The molecule has 0 aliphatic heterocycles. The number of hydrogen-bond acceptors (Lipinski definition) is 4. The molecule has 0 unspecified atom stereocenters. The first-order valence-corrected chi connectivity index (χ1v) is 4.20. The molecule has 0 radical (unpaired) electrons. The van der Waals surface area contributed by atoms with Gasteiger partial charge in [0.25, 0.3) is 0 Å². The highest BCUT2D eigenvalue weighted by Crippen LogP contribution is 2.29. The second kappa shape index (κ2) is 1.90. The minimum atomic E-state index is 0.783. The number of aromatic nitrogens is 2. The van der Waals surface area contributed by atoms with Crippen molar-refractivity contribution in [1.82, 2.24) is 9.59 Å². The quantitative estimate of drug-likeness (QED) is 0.616. The topological polar surface area (TPSA) is 25.8 Å². The maximum Gasteiger partial charge on any atom is 0.160 e. The molecule has 2 aromatic rings. The van der Waals surface area contributed by atoms with E-state index in [0.29, 0.717) is 0 Å². The lowest BCUT2D eigenvalue weighted by molar-refractivity contribution is 1.21. The molecule has 9 heavy (non-hydrogen) atoms. The van der Waals surface area contributed by atoms with Crippen molar-refractivity contribution in [2.45, 2.75) is 0 Å². The summed E-state index contributed by atoms with van der Waals surface area (Å²) < 4.78 is 5.60. The van der Waals surface area contributed by atoms with E-state index in [1.54, 1.807) is 0 Å². The first kappa shape index (κ1) is 5.58. The van der Waals surface area contributed by atoms with Gasteiger partial charge in [0.15, 0.2) is 4.83 Å². The van der Waals surface area contributed by atoms with Gasteiger partial charge in [-0.3, -0.25) is 0 Å². The molecule has 0 atom stereocenters. The Balaban J connectivity index is 2.92. The van der Waals surface area contributed by atoms with E-state index in [9.17, 15) is 0 Å². The van der Waals surface area contributed by atoms with Gasteiger partial charge >= 0.3 is 0 Å². The van der Waals surface area contributed by atoms with Crippen molar-refractivity contribution in [1.29, 1.82) is 0 Å². The molecule has 0 spiro atoms. The van der Waals surface area contributed by atoms with Crippen LogP contribution in [0.5, 0.6) is 0 Å². The summed E-state index contributed by atoms with van der Waals surface area (Å²) in [7, 11) is 0. The molecule has 5 heteroatoms. The Labute approximate surface area is 64.2 Å². The molecule has 2 rings (SSSR count). The van der Waals surface area contributed by atoms with Gasteiger partial charge in [0.1, 0.15) is 0 Å². The molecule has 46 valence electrons. The molecule has 0 saturated heterocycles. The van der Waals surface area contributed by atoms with Crippen LogP contribution in [0.2, 0.25) is 4.34 Å². The lowest BCUT2D eigenvalue weighted by Crippen LogP contribution is -1.55. The fraction of sp³-hybridized carbons (Fsp3) is 0. The molecule has 0 saturated carbocycles. The molecule has 0 N–H and O–H groups in total. The van der Waals surface area contributed by atoms with E-state index in [1.807, 2.05) is 6.07 Å². The first-order valence-electron chi connectivity index (χ1n) is 2.23. The zero-order chi connectivity index (χ0) is 6.27. The van der Waals surface area contributed by atoms with E-state index in [4.69, 9.17) is 11.6 Å². The molecule has 0 amide bonds. The summed E-state index contributed by atoms with van der Waals surface area (Å²) in [6.07, 6.45) is 0. The molecule has 0 aliphatic rings. The van der Waals surface area contributed by atoms with Crippen LogP contribution in [-0.4, -0.2) is 9.59 Å². The van der Waals surface area contributed by atoms with Crippen molar-refractivity contribution >= 4 is 44.0 Å². The zero-order valence-corrected chi connectivity index (χ0v) is 6.56. The number of hydrogen-bond donors (Lipinski definition) is 0. The first-order chi connectivity index (χ1) is 4.36. The van der Waals surface area contributed by atoms with Gasteiger partial charge in [0.05, 0.1) is 9.04 Å². The minimum absolute atomic E-state index is 0.783. The lowest BCUT2D eigenvalue weighted by Gasteiger charge is -1.65. The van der Waals surface area contributed by atoms with Crippen molar-refractivity contribution in [3.8, 4) is 0 Å². The minimum Gasteiger partial charge on any atom is -0.127 e. The van der Waals surface area contributed by atoms with Gasteiger partial charge in [0.2, 0.25) is 0 Å². The Morgan fingerprint density at radius 3 is 3.22 bits per heavy atom. The molecule has 0 aromatic carbocycles. The van der Waals surface area contributed by atoms with Crippen LogP contribution in [0.25, 0.3) is 9.53 Å². The molecule has 2 nitrogen and oxygen atoms in total. The zero-order valence-electron chi connectivity index (χ0n) is 4.17. The summed E-state index contributed by atoms with van der Waals surface area (Å²) in [5.41, 5.74) is 0. The Kier molecular flexibility index (Phi) is 1.18. The number of halogens is 1. The van der Waals surface area contributed by atoms with Crippen LogP contribution in [0.4, 0.5) is 0 Å². The molecule has 2 heterocycles. The highest BCUT2D eigenvalue weighted by molar-refractivity contribution is 7.27. The van der Waals surface area contributed by atoms with Crippen molar-refractivity contribution in [3.63, 3.8) is 0 Å². The van der Waals surface area contributed by atoms with Crippen LogP contribution >= 0.6 is 34.5 Å². The normalized spacial score (nSPS) is 10.8. The fourth-order valence-corrected chi connectivity index (χ4v) is 2.43. The van der Waals surface area contributed by atoms with E-state index in [2.05, 4.69) is 9.59 Å². The smallest absolute Gasteiger partial charge is 0.127 e. The average Bonchev–Trinajstić information content (AvgIpc) is 2.22. The summed E-state index contributed by atoms with van der Waals surface area (Å²) in [6.45, 7) is 0. The monoisotopic (exact) mass is 176 g/mol. The average molecular weight is 177 g/mol. The number of thiophene rings is 1. The van der Waals surface area contributed by atoms with Crippen LogP contribution in [0.1, 0.15) is 0 Å². The number of nitrogens with zero attached hydrogens (tertiary/aromatic N) is 2. The highest BCUT2D eigenvalue weighted by Gasteiger charge is 2.01. The third kappa shape index (κ3) is 0.831. The van der Waals surface area contributed by atoms with E-state index in [0.717, 1.165) is 13.9 Å². The number of rotatable bonds is 0. The summed E-state index contributed by atoms with van der Waals surface area (Å²) >= 11 is 8.52. The third-order valence-corrected chi connectivity index (χ3v) is 2.87. The second-order valence-electron chi connectivity index (χ2n) is 1.49. The molecule has 0 bridgehead atoms. The van der Waals surface area contributed by atoms with E-state index >= 15 is 0 Å². The van der Waals surface area contributed by atoms with Crippen LogP contribution in [0.15, 0.2) is 6.07 Å². The largest absolute Gasteiger partial charge is 0.160 e. The van der Waals surface area contributed by atoms with Crippen molar-refractivity contribution in [2.75, 3.05) is 0 Å². The fourth-order valence-electron chi connectivity index (χ4n) is 0.573. The summed E-state index contributed by atoms with van der Waals surface area (Å²) in [4.78, 5) is 0.935. The Morgan fingerprint density at radius 2 is 2.44 bits per heavy atom. The maximum atomic E-state index is 5.68. The molecular formula is C4HClN2S2. The van der Waals surface area contributed by atoms with Crippen LogP contribution < -0.4 is 0 Å². The van der Waals surface area contributed by atoms with Crippen LogP contribution in [-0.2, 0) is 0 Å². The molecule has 2 aromatic heterocycles. The Hall–Kier alpha value is -0.190. The maximum absolute atomic E-state index is 5.68. The third-order valence-electron chi connectivity index (χ3n) is 0.920. The molecule has 0 aliphatic carbocycles. The standard InChI is InChI=1S/C4HClN2S2/c5-3-1-2-4(8-3)6-7-9-2/h1H. The van der Waals surface area contributed by atoms with Crippen LogP contribution in [0.3, 0.4) is 0 Å². The van der Waals surface area contributed by atoms with Gasteiger partial charge in [-0.1, -0.05) is 16.1 Å². The number of fused-ring (bicyclic) bond motifs is 1. The van der Waals surface area contributed by atoms with Gasteiger partial charge in [-0.2, -0.15) is 0 Å². The summed E-state index contributed by atoms with van der Waals surface area (Å²) in [5.74, 6) is 0. The predicted molar refractivity (Wildman–Crippen MR) is 40.3 cm³/mol. The Morgan fingerprint density at radius 1 is 1.56 bits per heavy atom. The van der Waals surface area contributed by atoms with Crippen molar-refractivity contribution < 1.29 is 0 Å². The molecule has 0 fully saturated rings. The van der Waals surface area contributed by atoms with Gasteiger partial charge in [-0.05, 0) is 17.6 Å². The van der Waals surface area contributed by atoms with Crippen molar-refractivity contribution in [2.24, 2.45) is 0 Å². The van der Waals surface area contributed by atoms with Gasteiger partial charge < -0.3 is 0 Å².